The van der Waals surface area contributed by atoms with Gasteiger partial charge in [-0.25, -0.2) is 0 Å². The monoisotopic (exact) mass is 416 g/mol. The van der Waals surface area contributed by atoms with Gasteiger partial charge in [-0.15, -0.1) is 0 Å². The minimum atomic E-state index is -0.968. The molecule has 0 aromatic rings. The molecule has 7 nitrogen and oxygen atoms in total. The van der Waals surface area contributed by atoms with Crippen molar-refractivity contribution >= 4 is 5.91 Å². The number of allylic oxidation sites excluding steroid dienone is 2. The molecule has 7 heteroatoms. The highest BCUT2D eigenvalue weighted by atomic mass is 16.8. The van der Waals surface area contributed by atoms with Gasteiger partial charge in [-0.3, -0.25) is 25.6 Å². The van der Waals surface area contributed by atoms with Gasteiger partial charge in [-0.1, -0.05) is 100 Å². The van der Waals surface area contributed by atoms with Crippen LogP contribution in [0, 0.1) is 0 Å². The third-order valence-corrected chi connectivity index (χ3v) is 5.26. The zero-order chi connectivity index (χ0) is 21.7. The van der Waals surface area contributed by atoms with Crippen LogP contribution in [0.15, 0.2) is 12.2 Å². The van der Waals surface area contributed by atoms with Crippen LogP contribution in [0.25, 0.3) is 0 Å². The predicted molar refractivity (Wildman–Crippen MR) is 113 cm³/mol. The molecule has 0 rings (SSSR count). The molecule has 0 aliphatic heterocycles. The zero-order valence-electron chi connectivity index (χ0n) is 18.3. The first-order valence-electron chi connectivity index (χ1n) is 11.5. The van der Waals surface area contributed by atoms with E-state index in [0.717, 1.165) is 25.7 Å². The van der Waals surface area contributed by atoms with Crippen molar-refractivity contribution in [3.05, 3.63) is 12.2 Å². The van der Waals surface area contributed by atoms with Gasteiger partial charge >= 0.3 is 0 Å². The van der Waals surface area contributed by atoms with Crippen molar-refractivity contribution in [3.63, 3.8) is 0 Å². The van der Waals surface area contributed by atoms with E-state index in [0.29, 0.717) is 6.42 Å². The molecule has 0 aromatic carbocycles. The molecule has 0 fully saturated rings. The van der Waals surface area contributed by atoms with Crippen molar-refractivity contribution in [2.45, 2.75) is 122 Å². The Morgan fingerprint density at radius 1 is 0.724 bits per heavy atom. The van der Waals surface area contributed by atoms with Crippen molar-refractivity contribution in [1.29, 1.82) is 0 Å². The summed E-state index contributed by atoms with van der Waals surface area (Å²) in [5.74, 6) is -0.968. The summed E-state index contributed by atoms with van der Waals surface area (Å²) in [6.45, 7) is 2.25. The number of carbonyl (C=O) groups excluding carboxylic acids is 1. The first-order chi connectivity index (χ1) is 14.0. The van der Waals surface area contributed by atoms with Crippen LogP contribution in [-0.4, -0.2) is 43.2 Å². The quantitative estimate of drug-likeness (QED) is 0.0809. The summed E-state index contributed by atoms with van der Waals surface area (Å²) >= 11 is 0. The highest BCUT2D eigenvalue weighted by molar-refractivity contribution is 5.74. The van der Waals surface area contributed by atoms with E-state index in [9.17, 15) is 4.79 Å². The first kappa shape index (κ1) is 28.0. The molecule has 1 amide bonds. The summed E-state index contributed by atoms with van der Waals surface area (Å²) < 4.78 is 0. The van der Waals surface area contributed by atoms with Crippen LogP contribution in [0.1, 0.15) is 116 Å². The van der Waals surface area contributed by atoms with Crippen molar-refractivity contribution in [3.8, 4) is 0 Å². The predicted octanol–water partition coefficient (Wildman–Crippen LogP) is 6.25. The molecule has 0 heterocycles. The minimum Gasteiger partial charge on any atom is -0.289 e. The van der Waals surface area contributed by atoms with Crippen LogP contribution in [0.3, 0.4) is 0 Å². The fourth-order valence-electron chi connectivity index (χ4n) is 3.39. The SMILES string of the molecule is CCCCCCCC/C=C\CCCCCCCCCC(CC(=O)N(O)O)N(O)O. The molecule has 1 unspecified atom stereocenters. The third kappa shape index (κ3) is 18.8. The Hall–Kier alpha value is -0.990. The molecule has 0 saturated heterocycles. The molecule has 0 radical (unpaired) electrons. The number of rotatable bonds is 20. The van der Waals surface area contributed by atoms with Gasteiger partial charge in [-0.2, -0.15) is 0 Å². The molecule has 0 saturated carbocycles. The average Bonchev–Trinajstić information content (AvgIpc) is 2.68. The molecule has 1 atom stereocenters. The molecule has 0 aliphatic rings. The molecule has 0 bridgehead atoms. The van der Waals surface area contributed by atoms with Crippen LogP contribution in [0.2, 0.25) is 0 Å². The van der Waals surface area contributed by atoms with Gasteiger partial charge in [0.25, 0.3) is 5.91 Å². The zero-order valence-corrected chi connectivity index (χ0v) is 18.3. The molecule has 172 valence electrons. The summed E-state index contributed by atoms with van der Waals surface area (Å²) in [4.78, 5) is 11.2. The number of amides is 1. The maximum Gasteiger partial charge on any atom is 0.274 e. The maximum absolute atomic E-state index is 11.2. The number of unbranched alkanes of at least 4 members (excludes halogenated alkanes) is 13. The Morgan fingerprint density at radius 3 is 1.62 bits per heavy atom. The maximum atomic E-state index is 11.2. The molecular weight excluding hydrogens is 372 g/mol. The topological polar surface area (TPSA) is 104 Å². The van der Waals surface area contributed by atoms with Gasteiger partial charge in [0.2, 0.25) is 0 Å². The summed E-state index contributed by atoms with van der Waals surface area (Å²) in [6, 6.07) is -0.826. The standard InChI is InChI=1S/C22H44N2O5/c1-2-3-4-5-6-7-8-9-10-11-12-13-14-15-16-17-18-19-21(23(26)27)20-22(25)24(28)29/h9-10,21,26-29H,2-8,11-20H2,1H3/b10-9-. The Morgan fingerprint density at radius 2 is 1.17 bits per heavy atom. The number of hydroxylamine groups is 4. The summed E-state index contributed by atoms with van der Waals surface area (Å²) in [5, 5.41) is 35.0. The molecule has 4 N–H and O–H groups in total. The summed E-state index contributed by atoms with van der Waals surface area (Å²) in [6.07, 6.45) is 22.9. The highest BCUT2D eigenvalue weighted by Gasteiger charge is 2.21. The van der Waals surface area contributed by atoms with Crippen LogP contribution in [0.5, 0.6) is 0 Å². The first-order valence-corrected chi connectivity index (χ1v) is 11.5. The van der Waals surface area contributed by atoms with Crippen LogP contribution >= 0.6 is 0 Å². The number of hydrogen-bond donors (Lipinski definition) is 4. The molecule has 0 spiro atoms. The lowest BCUT2D eigenvalue weighted by Gasteiger charge is -2.20. The summed E-state index contributed by atoms with van der Waals surface area (Å²) in [7, 11) is 0. The normalized spacial score (nSPS) is 12.8. The van der Waals surface area contributed by atoms with E-state index < -0.39 is 17.2 Å². The van der Waals surface area contributed by atoms with Gasteiger partial charge in [0.05, 0.1) is 12.5 Å². The van der Waals surface area contributed by atoms with Gasteiger partial charge < -0.3 is 0 Å². The third-order valence-electron chi connectivity index (χ3n) is 5.26. The minimum absolute atomic E-state index is 0.0125. The van der Waals surface area contributed by atoms with Crippen LogP contribution in [-0.2, 0) is 4.79 Å². The van der Waals surface area contributed by atoms with Gasteiger partial charge in [0, 0.05) is 0 Å². The molecule has 0 aliphatic carbocycles. The van der Waals surface area contributed by atoms with E-state index in [2.05, 4.69) is 19.1 Å². The lowest BCUT2D eigenvalue weighted by atomic mass is 10.0. The lowest BCUT2D eigenvalue weighted by molar-refractivity contribution is -0.336. The van der Waals surface area contributed by atoms with E-state index >= 15 is 0 Å². The highest BCUT2D eigenvalue weighted by Crippen LogP contribution is 2.15. The van der Waals surface area contributed by atoms with E-state index in [1.807, 2.05) is 0 Å². The smallest absolute Gasteiger partial charge is 0.274 e. The Bertz CT molecular complexity index is 403. The van der Waals surface area contributed by atoms with Crippen molar-refractivity contribution < 1.29 is 25.6 Å². The van der Waals surface area contributed by atoms with E-state index in [-0.39, 0.29) is 11.6 Å². The van der Waals surface area contributed by atoms with Crippen molar-refractivity contribution in [2.24, 2.45) is 0 Å². The largest absolute Gasteiger partial charge is 0.289 e. The molecular formula is C22H44N2O5. The molecule has 29 heavy (non-hydrogen) atoms. The fraction of sp³-hybridized carbons (Fsp3) is 0.864. The Kier molecular flexibility index (Phi) is 19.6. The second-order valence-corrected chi connectivity index (χ2v) is 7.94. The molecule has 0 aromatic heterocycles. The van der Waals surface area contributed by atoms with Crippen LogP contribution in [0.4, 0.5) is 0 Å². The Balaban J connectivity index is 3.45. The second kappa shape index (κ2) is 20.3. The lowest BCUT2D eigenvalue weighted by Crippen LogP contribution is -2.35. The van der Waals surface area contributed by atoms with E-state index in [1.54, 1.807) is 0 Å². The van der Waals surface area contributed by atoms with E-state index in [4.69, 9.17) is 20.8 Å². The van der Waals surface area contributed by atoms with Crippen LogP contribution < -0.4 is 0 Å². The number of carbonyl (C=O) groups is 1. The Labute approximate surface area is 176 Å². The summed E-state index contributed by atoms with van der Waals surface area (Å²) in [5.41, 5.74) is 0. The van der Waals surface area contributed by atoms with Gasteiger partial charge in [0.1, 0.15) is 0 Å². The van der Waals surface area contributed by atoms with Crippen molar-refractivity contribution in [2.75, 3.05) is 0 Å². The number of nitrogens with zero attached hydrogens (tertiary/aromatic N) is 2. The fourth-order valence-corrected chi connectivity index (χ4v) is 3.39. The second-order valence-electron chi connectivity index (χ2n) is 7.94. The average molecular weight is 417 g/mol. The van der Waals surface area contributed by atoms with Crippen molar-refractivity contribution in [1.82, 2.24) is 10.5 Å². The van der Waals surface area contributed by atoms with Gasteiger partial charge in [0.15, 0.2) is 0 Å². The number of hydrogen-bond acceptors (Lipinski definition) is 6. The van der Waals surface area contributed by atoms with Gasteiger partial charge in [-0.05, 0) is 32.1 Å². The van der Waals surface area contributed by atoms with E-state index in [1.165, 1.54) is 70.6 Å².